The van der Waals surface area contributed by atoms with Crippen LogP contribution in [0.3, 0.4) is 0 Å². The molecule has 0 heterocycles. The number of ether oxygens (including phenoxy) is 2. The summed E-state index contributed by atoms with van der Waals surface area (Å²) in [5.41, 5.74) is 2.13. The van der Waals surface area contributed by atoms with Crippen LogP contribution < -0.4 is 9.47 Å². The predicted octanol–water partition coefficient (Wildman–Crippen LogP) is 4.64. The molecule has 136 valence electrons. The summed E-state index contributed by atoms with van der Waals surface area (Å²) in [6.07, 6.45) is 1.43. The van der Waals surface area contributed by atoms with Gasteiger partial charge in [0.2, 0.25) is 0 Å². The number of carbonyl (C=O) groups is 1. The molecule has 0 aliphatic rings. The van der Waals surface area contributed by atoms with Gasteiger partial charge in [-0.15, -0.1) is 0 Å². The Hall–Kier alpha value is -3.57. The summed E-state index contributed by atoms with van der Waals surface area (Å²) in [5, 5.41) is 17.7. The molecule has 0 saturated carbocycles. The maximum absolute atomic E-state index is 12.4. The quantitative estimate of drug-likeness (QED) is 0.450. The van der Waals surface area contributed by atoms with E-state index in [-0.39, 0.29) is 16.7 Å². The molecule has 2 aromatic carbocycles. The number of benzene rings is 2. The van der Waals surface area contributed by atoms with Crippen molar-refractivity contribution in [1.82, 2.24) is 0 Å². The average molecular weight is 360 g/mol. The second-order valence-corrected chi connectivity index (χ2v) is 6.91. The van der Waals surface area contributed by atoms with Crippen LogP contribution in [0.15, 0.2) is 48.0 Å². The van der Waals surface area contributed by atoms with Crippen molar-refractivity contribution < 1.29 is 14.3 Å². The number of nitriles is 2. The van der Waals surface area contributed by atoms with E-state index in [4.69, 9.17) is 20.0 Å². The van der Waals surface area contributed by atoms with Crippen LogP contribution in [0, 0.1) is 22.7 Å². The Morgan fingerprint density at radius 2 is 1.63 bits per heavy atom. The van der Waals surface area contributed by atoms with Gasteiger partial charge in [-0.05, 0) is 46.9 Å². The molecule has 0 bridgehead atoms. The van der Waals surface area contributed by atoms with Gasteiger partial charge in [0.05, 0.1) is 12.7 Å². The van der Waals surface area contributed by atoms with Crippen LogP contribution in [0.5, 0.6) is 11.5 Å². The number of nitrogens with zero attached hydrogens (tertiary/aromatic N) is 2. The van der Waals surface area contributed by atoms with E-state index in [1.165, 1.54) is 13.2 Å². The molecule has 5 heteroatoms. The van der Waals surface area contributed by atoms with Crippen LogP contribution in [0.4, 0.5) is 0 Å². The van der Waals surface area contributed by atoms with Crippen LogP contribution in [0.25, 0.3) is 6.08 Å². The molecule has 0 saturated heterocycles. The van der Waals surface area contributed by atoms with Crippen molar-refractivity contribution in [3.63, 3.8) is 0 Å². The van der Waals surface area contributed by atoms with Crippen molar-refractivity contribution in [2.45, 2.75) is 26.2 Å². The summed E-state index contributed by atoms with van der Waals surface area (Å²) in [5.74, 6) is 0.0976. The smallest absolute Gasteiger partial charge is 0.343 e. The number of rotatable bonds is 4. The van der Waals surface area contributed by atoms with Crippen molar-refractivity contribution in [1.29, 1.82) is 10.5 Å². The highest BCUT2D eigenvalue weighted by Crippen LogP contribution is 2.30. The van der Waals surface area contributed by atoms with Crippen LogP contribution in [0.1, 0.15) is 42.3 Å². The first-order valence-corrected chi connectivity index (χ1v) is 8.31. The Balaban J connectivity index is 2.24. The predicted molar refractivity (Wildman–Crippen MR) is 102 cm³/mol. The highest BCUT2D eigenvalue weighted by molar-refractivity contribution is 5.91. The van der Waals surface area contributed by atoms with Crippen molar-refractivity contribution in [2.75, 3.05) is 7.11 Å². The van der Waals surface area contributed by atoms with Crippen molar-refractivity contribution >= 4 is 12.0 Å². The standard InChI is InChI=1S/C22H20N2O3/c1-22(2,3)18-8-6-17(7-9-18)21(25)27-19-10-5-15(12-20(19)26-4)11-16(13-23)14-24/h5-12H,1-4H3. The number of allylic oxidation sites excluding steroid dienone is 1. The second kappa shape index (κ2) is 8.21. The number of carbonyl (C=O) groups excluding carboxylic acids is 1. The Labute approximate surface area is 159 Å². The van der Waals surface area contributed by atoms with Gasteiger partial charge in [0, 0.05) is 0 Å². The number of esters is 1. The van der Waals surface area contributed by atoms with E-state index in [0.717, 1.165) is 5.56 Å². The van der Waals surface area contributed by atoms with Crippen LogP contribution in [-0.2, 0) is 5.41 Å². The maximum Gasteiger partial charge on any atom is 0.343 e. The summed E-state index contributed by atoms with van der Waals surface area (Å²) in [6, 6.07) is 15.7. The Morgan fingerprint density at radius 1 is 1.00 bits per heavy atom. The van der Waals surface area contributed by atoms with E-state index < -0.39 is 5.97 Å². The van der Waals surface area contributed by atoms with Gasteiger partial charge in [-0.3, -0.25) is 0 Å². The van der Waals surface area contributed by atoms with E-state index >= 15 is 0 Å². The van der Waals surface area contributed by atoms with E-state index in [0.29, 0.717) is 16.9 Å². The van der Waals surface area contributed by atoms with Gasteiger partial charge in [-0.25, -0.2) is 4.79 Å². The molecule has 5 nitrogen and oxygen atoms in total. The van der Waals surface area contributed by atoms with Gasteiger partial charge in [0.25, 0.3) is 0 Å². The van der Waals surface area contributed by atoms with Crippen molar-refractivity contribution in [2.24, 2.45) is 0 Å². The summed E-state index contributed by atoms with van der Waals surface area (Å²) >= 11 is 0. The first-order valence-electron chi connectivity index (χ1n) is 8.31. The van der Waals surface area contributed by atoms with Gasteiger partial charge in [-0.2, -0.15) is 10.5 Å². The van der Waals surface area contributed by atoms with E-state index in [1.54, 1.807) is 42.5 Å². The normalized spacial score (nSPS) is 10.3. The molecule has 2 aromatic rings. The molecule has 0 aromatic heterocycles. The molecule has 0 unspecified atom stereocenters. The fraction of sp³-hybridized carbons (Fsp3) is 0.227. The monoisotopic (exact) mass is 360 g/mol. The first kappa shape index (κ1) is 19.8. The zero-order valence-corrected chi connectivity index (χ0v) is 15.7. The zero-order valence-electron chi connectivity index (χ0n) is 15.7. The summed E-state index contributed by atoms with van der Waals surface area (Å²) < 4.78 is 10.7. The highest BCUT2D eigenvalue weighted by atomic mass is 16.6. The fourth-order valence-electron chi connectivity index (χ4n) is 2.38. The summed E-state index contributed by atoms with van der Waals surface area (Å²) in [7, 11) is 1.45. The Morgan fingerprint density at radius 3 is 2.15 bits per heavy atom. The summed E-state index contributed by atoms with van der Waals surface area (Å²) in [4.78, 5) is 12.4. The second-order valence-electron chi connectivity index (χ2n) is 6.91. The third-order valence-electron chi connectivity index (χ3n) is 3.93. The molecule has 0 fully saturated rings. The average Bonchev–Trinajstić information content (AvgIpc) is 2.66. The molecule has 0 atom stereocenters. The van der Waals surface area contributed by atoms with Crippen LogP contribution >= 0.6 is 0 Å². The van der Waals surface area contributed by atoms with Crippen molar-refractivity contribution in [3.8, 4) is 23.6 Å². The van der Waals surface area contributed by atoms with Gasteiger partial charge in [0.15, 0.2) is 11.5 Å². The molecule has 0 aliphatic carbocycles. The lowest BCUT2D eigenvalue weighted by molar-refractivity contribution is 0.0729. The topological polar surface area (TPSA) is 83.1 Å². The Kier molecular flexibility index (Phi) is 6.00. The lowest BCUT2D eigenvalue weighted by Crippen LogP contribution is -2.13. The molecule has 0 N–H and O–H groups in total. The maximum atomic E-state index is 12.4. The van der Waals surface area contributed by atoms with E-state index in [2.05, 4.69) is 20.8 Å². The summed E-state index contributed by atoms with van der Waals surface area (Å²) in [6.45, 7) is 6.31. The first-order chi connectivity index (χ1) is 12.8. The van der Waals surface area contributed by atoms with Crippen molar-refractivity contribution in [3.05, 3.63) is 64.7 Å². The van der Waals surface area contributed by atoms with Gasteiger partial charge in [0.1, 0.15) is 17.7 Å². The van der Waals surface area contributed by atoms with Gasteiger partial charge in [-0.1, -0.05) is 39.0 Å². The largest absolute Gasteiger partial charge is 0.493 e. The zero-order chi connectivity index (χ0) is 20.0. The van der Waals surface area contributed by atoms with Crippen LogP contribution in [-0.4, -0.2) is 13.1 Å². The lowest BCUT2D eigenvalue weighted by atomic mass is 9.87. The highest BCUT2D eigenvalue weighted by Gasteiger charge is 2.16. The molecular weight excluding hydrogens is 340 g/mol. The lowest BCUT2D eigenvalue weighted by Gasteiger charge is -2.19. The molecule has 2 rings (SSSR count). The minimum atomic E-state index is -0.494. The SMILES string of the molecule is COc1cc(C=C(C#N)C#N)ccc1OC(=O)c1ccc(C(C)(C)C)cc1. The minimum absolute atomic E-state index is 0.000704. The number of methoxy groups -OCH3 is 1. The third kappa shape index (κ3) is 4.96. The fourth-order valence-corrected chi connectivity index (χ4v) is 2.38. The molecule has 0 aliphatic heterocycles. The molecule has 0 spiro atoms. The minimum Gasteiger partial charge on any atom is -0.493 e. The molecule has 27 heavy (non-hydrogen) atoms. The molecular formula is C22H20N2O3. The molecule has 0 amide bonds. The number of hydrogen-bond donors (Lipinski definition) is 0. The van der Waals surface area contributed by atoms with Gasteiger partial charge < -0.3 is 9.47 Å². The van der Waals surface area contributed by atoms with Gasteiger partial charge >= 0.3 is 5.97 Å². The van der Waals surface area contributed by atoms with E-state index in [1.807, 2.05) is 12.1 Å². The number of hydrogen-bond acceptors (Lipinski definition) is 5. The van der Waals surface area contributed by atoms with E-state index in [9.17, 15) is 4.79 Å². The Bertz CT molecular complexity index is 937. The molecule has 0 radical (unpaired) electrons. The third-order valence-corrected chi connectivity index (χ3v) is 3.93. The van der Waals surface area contributed by atoms with Crippen LogP contribution in [0.2, 0.25) is 0 Å².